The van der Waals surface area contributed by atoms with Crippen molar-refractivity contribution < 1.29 is 32.7 Å². The van der Waals surface area contributed by atoms with E-state index in [4.69, 9.17) is 0 Å². The molecule has 2 saturated heterocycles. The molecule has 8 nitrogen and oxygen atoms in total. The Hall–Kier alpha value is -2.88. The number of rotatable bonds is 4. The van der Waals surface area contributed by atoms with Crippen molar-refractivity contribution in [2.75, 3.05) is 13.1 Å². The molecule has 1 aromatic carbocycles. The lowest BCUT2D eigenvalue weighted by molar-refractivity contribution is -0.189. The van der Waals surface area contributed by atoms with Gasteiger partial charge in [0.25, 0.3) is 11.8 Å². The van der Waals surface area contributed by atoms with Crippen molar-refractivity contribution in [3.05, 3.63) is 34.9 Å². The second-order valence-corrected chi connectivity index (χ2v) is 7.00. The zero-order valence-electron chi connectivity index (χ0n) is 14.7. The van der Waals surface area contributed by atoms with E-state index >= 15 is 0 Å². The van der Waals surface area contributed by atoms with Gasteiger partial charge in [-0.25, -0.2) is 0 Å². The Bertz CT molecular complexity index is 869. The SMILES string of the molecule is O=C1CCC(N2Cc3cc(C(=O)N4CC(OC(F)F)C4)ccc3C2=O)C(=O)N1. The van der Waals surface area contributed by atoms with Crippen LogP contribution in [0.5, 0.6) is 0 Å². The fourth-order valence-electron chi connectivity index (χ4n) is 3.73. The molecule has 3 heterocycles. The molecule has 4 amide bonds. The second kappa shape index (κ2) is 6.93. The highest BCUT2D eigenvalue weighted by molar-refractivity contribution is 6.06. The Kier molecular flexibility index (Phi) is 4.58. The van der Waals surface area contributed by atoms with Crippen molar-refractivity contribution >= 4 is 23.6 Å². The molecule has 10 heteroatoms. The summed E-state index contributed by atoms with van der Waals surface area (Å²) in [4.78, 5) is 51.3. The summed E-state index contributed by atoms with van der Waals surface area (Å²) in [6, 6.07) is 3.90. The molecule has 0 radical (unpaired) electrons. The van der Waals surface area contributed by atoms with Crippen LogP contribution in [0.15, 0.2) is 18.2 Å². The van der Waals surface area contributed by atoms with Gasteiger partial charge in [0.1, 0.15) is 6.04 Å². The Morgan fingerprint density at radius 1 is 1.21 bits per heavy atom. The number of alkyl halides is 2. The summed E-state index contributed by atoms with van der Waals surface area (Å²) in [6.45, 7) is -2.53. The number of carbonyl (C=O) groups excluding carboxylic acids is 4. The van der Waals surface area contributed by atoms with Gasteiger partial charge in [-0.2, -0.15) is 8.78 Å². The Morgan fingerprint density at radius 2 is 1.96 bits per heavy atom. The molecule has 1 unspecified atom stereocenters. The molecule has 0 bridgehead atoms. The van der Waals surface area contributed by atoms with E-state index in [-0.39, 0.29) is 50.2 Å². The monoisotopic (exact) mass is 393 g/mol. The molecular formula is C18H17F2N3O5. The maximum absolute atomic E-state index is 12.6. The van der Waals surface area contributed by atoms with Crippen molar-refractivity contribution in [3.63, 3.8) is 0 Å². The predicted octanol–water partition coefficient (Wildman–Crippen LogP) is 0.511. The molecule has 28 heavy (non-hydrogen) atoms. The molecule has 148 valence electrons. The minimum Gasteiger partial charge on any atom is -0.333 e. The van der Waals surface area contributed by atoms with Crippen molar-refractivity contribution in [2.45, 2.75) is 38.1 Å². The molecule has 1 aromatic rings. The van der Waals surface area contributed by atoms with Crippen LogP contribution in [-0.2, 0) is 20.9 Å². The van der Waals surface area contributed by atoms with Crippen LogP contribution in [0.4, 0.5) is 8.78 Å². The summed E-state index contributed by atoms with van der Waals surface area (Å²) in [7, 11) is 0. The summed E-state index contributed by atoms with van der Waals surface area (Å²) in [6.07, 6.45) is -0.255. The number of hydrogen-bond donors (Lipinski definition) is 1. The minimum atomic E-state index is -2.87. The van der Waals surface area contributed by atoms with E-state index in [0.717, 1.165) is 0 Å². The van der Waals surface area contributed by atoms with Gasteiger partial charge in [-0.15, -0.1) is 0 Å². The van der Waals surface area contributed by atoms with E-state index < -0.39 is 24.7 Å². The van der Waals surface area contributed by atoms with E-state index in [1.807, 2.05) is 0 Å². The van der Waals surface area contributed by atoms with E-state index in [2.05, 4.69) is 10.1 Å². The number of piperidine rings is 1. The quantitative estimate of drug-likeness (QED) is 0.752. The summed E-state index contributed by atoms with van der Waals surface area (Å²) in [5.74, 6) is -1.51. The maximum Gasteiger partial charge on any atom is 0.345 e. The van der Waals surface area contributed by atoms with Crippen LogP contribution < -0.4 is 5.32 Å². The molecular weight excluding hydrogens is 376 g/mol. The molecule has 3 aliphatic rings. The number of imide groups is 1. The first-order valence-corrected chi connectivity index (χ1v) is 8.84. The highest BCUT2D eigenvalue weighted by Gasteiger charge is 2.40. The summed E-state index contributed by atoms with van der Waals surface area (Å²) in [5, 5.41) is 2.23. The molecule has 0 spiro atoms. The zero-order valence-corrected chi connectivity index (χ0v) is 14.7. The van der Waals surface area contributed by atoms with E-state index in [1.54, 1.807) is 6.07 Å². The molecule has 0 aromatic heterocycles. The minimum absolute atomic E-state index is 0.0849. The molecule has 0 aliphatic carbocycles. The van der Waals surface area contributed by atoms with Crippen molar-refractivity contribution in [3.8, 4) is 0 Å². The van der Waals surface area contributed by atoms with Gasteiger partial charge in [0.15, 0.2) is 0 Å². The normalized spacial score (nSPS) is 22.4. The predicted molar refractivity (Wildman–Crippen MR) is 89.3 cm³/mol. The lowest BCUT2D eigenvalue weighted by Gasteiger charge is -2.38. The van der Waals surface area contributed by atoms with Crippen LogP contribution >= 0.6 is 0 Å². The van der Waals surface area contributed by atoms with Gasteiger partial charge >= 0.3 is 6.61 Å². The third kappa shape index (κ3) is 3.24. The van der Waals surface area contributed by atoms with Crippen LogP contribution in [0.25, 0.3) is 0 Å². The lowest BCUT2D eigenvalue weighted by atomic mass is 10.0. The Morgan fingerprint density at radius 3 is 2.64 bits per heavy atom. The summed E-state index contributed by atoms with van der Waals surface area (Å²) in [5.41, 5.74) is 1.36. The number of benzene rings is 1. The number of amides is 4. The van der Waals surface area contributed by atoms with Gasteiger partial charge < -0.3 is 14.5 Å². The fraction of sp³-hybridized carbons (Fsp3) is 0.444. The van der Waals surface area contributed by atoms with E-state index in [0.29, 0.717) is 16.7 Å². The van der Waals surface area contributed by atoms with Gasteiger partial charge in [-0.3, -0.25) is 24.5 Å². The third-order valence-electron chi connectivity index (χ3n) is 5.20. The molecule has 4 rings (SSSR count). The van der Waals surface area contributed by atoms with Crippen LogP contribution in [0.3, 0.4) is 0 Å². The molecule has 1 atom stereocenters. The first-order chi connectivity index (χ1) is 13.3. The Balaban J connectivity index is 1.45. The van der Waals surface area contributed by atoms with Gasteiger partial charge in [0, 0.05) is 37.2 Å². The smallest absolute Gasteiger partial charge is 0.333 e. The average Bonchev–Trinajstić information content (AvgIpc) is 2.93. The van der Waals surface area contributed by atoms with Crippen LogP contribution in [0.1, 0.15) is 39.1 Å². The number of nitrogens with zero attached hydrogens (tertiary/aromatic N) is 2. The van der Waals surface area contributed by atoms with Crippen molar-refractivity contribution in [2.24, 2.45) is 0 Å². The number of ether oxygens (including phenoxy) is 1. The van der Waals surface area contributed by atoms with Crippen molar-refractivity contribution in [1.29, 1.82) is 0 Å². The number of nitrogens with one attached hydrogen (secondary N) is 1. The zero-order chi connectivity index (χ0) is 20.0. The fourth-order valence-corrected chi connectivity index (χ4v) is 3.73. The van der Waals surface area contributed by atoms with Crippen LogP contribution in [-0.4, -0.2) is 65.3 Å². The summed E-state index contributed by atoms with van der Waals surface area (Å²) >= 11 is 0. The van der Waals surface area contributed by atoms with E-state index in [1.165, 1.54) is 21.9 Å². The number of likely N-dealkylation sites (tertiary alicyclic amines) is 1. The number of halogens is 2. The van der Waals surface area contributed by atoms with Crippen molar-refractivity contribution in [1.82, 2.24) is 15.1 Å². The third-order valence-corrected chi connectivity index (χ3v) is 5.20. The lowest BCUT2D eigenvalue weighted by Crippen LogP contribution is -2.55. The molecule has 2 fully saturated rings. The van der Waals surface area contributed by atoms with Gasteiger partial charge in [0.05, 0.1) is 6.10 Å². The van der Waals surface area contributed by atoms with Gasteiger partial charge in [-0.05, 0) is 30.2 Å². The average molecular weight is 393 g/mol. The number of hydrogen-bond acceptors (Lipinski definition) is 5. The Labute approximate surface area is 158 Å². The summed E-state index contributed by atoms with van der Waals surface area (Å²) < 4.78 is 28.7. The molecule has 1 N–H and O–H groups in total. The van der Waals surface area contributed by atoms with E-state index in [9.17, 15) is 28.0 Å². The highest BCUT2D eigenvalue weighted by atomic mass is 19.3. The maximum atomic E-state index is 12.6. The first kappa shape index (κ1) is 18.5. The second-order valence-electron chi connectivity index (χ2n) is 7.00. The standard InChI is InChI=1S/C18H17F2N3O5/c19-18(20)28-11-7-22(8-11)16(26)9-1-2-12-10(5-9)6-23(17(12)27)13-3-4-14(24)21-15(13)25/h1-2,5,11,13,18H,3-4,6-8H2,(H,21,24,25). The number of carbonyl (C=O) groups is 4. The van der Waals surface area contributed by atoms with Crippen LogP contribution in [0.2, 0.25) is 0 Å². The van der Waals surface area contributed by atoms with Gasteiger partial charge in [0.2, 0.25) is 11.8 Å². The largest absolute Gasteiger partial charge is 0.345 e. The first-order valence-electron chi connectivity index (χ1n) is 8.84. The highest BCUT2D eigenvalue weighted by Crippen LogP contribution is 2.29. The topological polar surface area (TPSA) is 96.0 Å². The van der Waals surface area contributed by atoms with Crippen LogP contribution in [0, 0.1) is 0 Å². The molecule has 3 aliphatic heterocycles. The van der Waals surface area contributed by atoms with Gasteiger partial charge in [-0.1, -0.05) is 0 Å². The molecule has 0 saturated carbocycles. The number of fused-ring (bicyclic) bond motifs is 1.